The summed E-state index contributed by atoms with van der Waals surface area (Å²) in [6.45, 7) is 5.99. The first-order valence-corrected chi connectivity index (χ1v) is 4.86. The molecule has 0 bridgehead atoms. The van der Waals surface area contributed by atoms with E-state index in [1.807, 2.05) is 27.8 Å². The third-order valence-corrected chi connectivity index (χ3v) is 2.64. The van der Waals surface area contributed by atoms with Crippen LogP contribution >= 0.6 is 0 Å². The highest BCUT2D eigenvalue weighted by Crippen LogP contribution is 2.28. The molecule has 3 heteroatoms. The molecule has 1 atom stereocenters. The summed E-state index contributed by atoms with van der Waals surface area (Å²) in [7, 11) is 1.85. The van der Waals surface area contributed by atoms with Crippen LogP contribution < -0.4 is 5.73 Å². The predicted octanol–water partition coefficient (Wildman–Crippen LogP) is 0.981. The van der Waals surface area contributed by atoms with E-state index < -0.39 is 0 Å². The molecule has 0 aromatic heterocycles. The molecule has 1 aliphatic rings. The van der Waals surface area contributed by atoms with Crippen molar-refractivity contribution in [3.63, 3.8) is 0 Å². The van der Waals surface area contributed by atoms with Crippen LogP contribution in [-0.4, -0.2) is 29.9 Å². The van der Waals surface area contributed by atoms with Gasteiger partial charge in [-0.3, -0.25) is 4.79 Å². The molecule has 1 aliphatic carbocycles. The molecule has 0 saturated heterocycles. The standard InChI is InChI=1S/C10H20N2O/c1-10(2,3)8(11)9(13)12(4)7-5-6-7/h7-8H,5-6,11H2,1-4H3/t8-/m1/s1. The zero-order chi connectivity index (χ0) is 10.2. The van der Waals surface area contributed by atoms with E-state index in [4.69, 9.17) is 5.73 Å². The minimum Gasteiger partial charge on any atom is -0.341 e. The lowest BCUT2D eigenvalue weighted by Gasteiger charge is -2.29. The zero-order valence-corrected chi connectivity index (χ0v) is 9.00. The second kappa shape index (κ2) is 3.29. The van der Waals surface area contributed by atoms with Crippen LogP contribution in [0.4, 0.5) is 0 Å². The molecule has 1 amide bonds. The Hall–Kier alpha value is -0.570. The summed E-state index contributed by atoms with van der Waals surface area (Å²) in [5.41, 5.74) is 5.73. The van der Waals surface area contributed by atoms with Gasteiger partial charge in [-0.2, -0.15) is 0 Å². The molecule has 1 saturated carbocycles. The van der Waals surface area contributed by atoms with Gasteiger partial charge in [-0.15, -0.1) is 0 Å². The summed E-state index contributed by atoms with van der Waals surface area (Å²) in [6.07, 6.45) is 2.28. The van der Waals surface area contributed by atoms with Crippen LogP contribution in [0.15, 0.2) is 0 Å². The lowest BCUT2D eigenvalue weighted by molar-refractivity contribution is -0.134. The molecular formula is C10H20N2O. The fourth-order valence-corrected chi connectivity index (χ4v) is 1.23. The van der Waals surface area contributed by atoms with Crippen LogP contribution in [0, 0.1) is 5.41 Å². The van der Waals surface area contributed by atoms with Crippen LogP contribution in [0.5, 0.6) is 0 Å². The lowest BCUT2D eigenvalue weighted by atomic mass is 9.86. The van der Waals surface area contributed by atoms with E-state index >= 15 is 0 Å². The summed E-state index contributed by atoms with van der Waals surface area (Å²) in [5.74, 6) is 0.0787. The minimum absolute atomic E-state index is 0.0787. The van der Waals surface area contributed by atoms with Crippen LogP contribution in [0.25, 0.3) is 0 Å². The molecule has 0 aliphatic heterocycles. The van der Waals surface area contributed by atoms with Crippen molar-refractivity contribution in [2.45, 2.75) is 45.7 Å². The summed E-state index contributed by atoms with van der Waals surface area (Å²) in [5, 5.41) is 0. The monoisotopic (exact) mass is 184 g/mol. The third kappa shape index (κ3) is 2.44. The Balaban J connectivity index is 2.55. The maximum atomic E-state index is 11.8. The van der Waals surface area contributed by atoms with E-state index in [0.29, 0.717) is 6.04 Å². The van der Waals surface area contributed by atoms with Gasteiger partial charge in [-0.25, -0.2) is 0 Å². The Morgan fingerprint density at radius 3 is 2.23 bits per heavy atom. The number of hydrogen-bond acceptors (Lipinski definition) is 2. The number of nitrogens with zero attached hydrogens (tertiary/aromatic N) is 1. The number of nitrogens with two attached hydrogens (primary N) is 1. The van der Waals surface area contributed by atoms with E-state index in [0.717, 1.165) is 12.8 Å². The van der Waals surface area contributed by atoms with Crippen molar-refractivity contribution in [1.29, 1.82) is 0 Å². The molecular weight excluding hydrogens is 164 g/mol. The summed E-state index contributed by atoms with van der Waals surface area (Å²) < 4.78 is 0. The molecule has 0 spiro atoms. The number of carbonyl (C=O) groups is 1. The van der Waals surface area contributed by atoms with E-state index in [-0.39, 0.29) is 17.4 Å². The molecule has 0 aromatic rings. The summed E-state index contributed by atoms with van der Waals surface area (Å²) in [4.78, 5) is 13.6. The Kier molecular flexibility index (Phi) is 2.66. The highest BCUT2D eigenvalue weighted by molar-refractivity contribution is 5.82. The van der Waals surface area contributed by atoms with Gasteiger partial charge in [-0.05, 0) is 18.3 Å². The minimum atomic E-state index is -0.377. The molecule has 2 N–H and O–H groups in total. The Morgan fingerprint density at radius 1 is 1.46 bits per heavy atom. The zero-order valence-electron chi connectivity index (χ0n) is 9.00. The van der Waals surface area contributed by atoms with E-state index in [2.05, 4.69) is 0 Å². The quantitative estimate of drug-likeness (QED) is 0.695. The van der Waals surface area contributed by atoms with Crippen LogP contribution in [0.1, 0.15) is 33.6 Å². The lowest BCUT2D eigenvalue weighted by Crippen LogP contribution is -2.49. The highest BCUT2D eigenvalue weighted by atomic mass is 16.2. The largest absolute Gasteiger partial charge is 0.341 e. The SMILES string of the molecule is CN(C(=O)[C@@H](N)C(C)(C)C)C1CC1. The van der Waals surface area contributed by atoms with Gasteiger partial charge in [0.05, 0.1) is 6.04 Å². The molecule has 0 radical (unpaired) electrons. The van der Waals surface area contributed by atoms with Gasteiger partial charge in [-0.1, -0.05) is 20.8 Å². The van der Waals surface area contributed by atoms with Gasteiger partial charge >= 0.3 is 0 Å². The maximum absolute atomic E-state index is 11.8. The van der Waals surface area contributed by atoms with Crippen molar-refractivity contribution >= 4 is 5.91 Å². The van der Waals surface area contributed by atoms with Crippen molar-refractivity contribution in [2.75, 3.05) is 7.05 Å². The van der Waals surface area contributed by atoms with Crippen LogP contribution in [0.3, 0.4) is 0 Å². The number of carbonyl (C=O) groups excluding carboxylic acids is 1. The highest BCUT2D eigenvalue weighted by Gasteiger charge is 2.36. The second-order valence-corrected chi connectivity index (χ2v) is 5.02. The van der Waals surface area contributed by atoms with E-state index in [1.165, 1.54) is 0 Å². The fraction of sp³-hybridized carbons (Fsp3) is 0.900. The Bertz CT molecular complexity index is 203. The normalized spacial score (nSPS) is 19.8. The van der Waals surface area contributed by atoms with Crippen molar-refractivity contribution in [3.8, 4) is 0 Å². The van der Waals surface area contributed by atoms with Gasteiger partial charge in [0.2, 0.25) is 5.91 Å². The summed E-state index contributed by atoms with van der Waals surface area (Å²) >= 11 is 0. The first kappa shape index (κ1) is 10.5. The fourth-order valence-electron chi connectivity index (χ4n) is 1.23. The molecule has 76 valence electrons. The summed E-state index contributed by atoms with van der Waals surface area (Å²) in [6, 6.07) is 0.0824. The topological polar surface area (TPSA) is 46.3 Å². The maximum Gasteiger partial charge on any atom is 0.240 e. The third-order valence-electron chi connectivity index (χ3n) is 2.64. The average Bonchev–Trinajstić information content (AvgIpc) is 2.81. The van der Waals surface area contributed by atoms with Crippen molar-refractivity contribution in [2.24, 2.45) is 11.1 Å². The molecule has 0 heterocycles. The number of hydrogen-bond donors (Lipinski definition) is 1. The van der Waals surface area contributed by atoms with Gasteiger partial charge in [0, 0.05) is 13.1 Å². The van der Waals surface area contributed by atoms with Gasteiger partial charge in [0.15, 0.2) is 0 Å². The smallest absolute Gasteiger partial charge is 0.240 e. The second-order valence-electron chi connectivity index (χ2n) is 5.02. The Morgan fingerprint density at radius 2 is 1.92 bits per heavy atom. The van der Waals surface area contributed by atoms with Crippen molar-refractivity contribution in [1.82, 2.24) is 4.90 Å². The number of likely N-dealkylation sites (N-methyl/N-ethyl adjacent to an activating group) is 1. The van der Waals surface area contributed by atoms with Crippen molar-refractivity contribution < 1.29 is 4.79 Å². The van der Waals surface area contributed by atoms with Crippen molar-refractivity contribution in [3.05, 3.63) is 0 Å². The molecule has 13 heavy (non-hydrogen) atoms. The Labute approximate surface area is 80.3 Å². The predicted molar refractivity (Wildman–Crippen MR) is 53.2 cm³/mol. The number of rotatable bonds is 2. The number of amides is 1. The van der Waals surface area contributed by atoms with Crippen LogP contribution in [0.2, 0.25) is 0 Å². The molecule has 0 unspecified atom stereocenters. The molecule has 0 aromatic carbocycles. The van der Waals surface area contributed by atoms with E-state index in [1.54, 1.807) is 4.90 Å². The van der Waals surface area contributed by atoms with Crippen LogP contribution in [-0.2, 0) is 4.79 Å². The average molecular weight is 184 g/mol. The van der Waals surface area contributed by atoms with Gasteiger partial charge < -0.3 is 10.6 Å². The van der Waals surface area contributed by atoms with E-state index in [9.17, 15) is 4.79 Å². The molecule has 1 rings (SSSR count). The molecule has 1 fully saturated rings. The first-order chi connectivity index (χ1) is 5.84. The first-order valence-electron chi connectivity index (χ1n) is 4.86. The van der Waals surface area contributed by atoms with Gasteiger partial charge in [0.25, 0.3) is 0 Å². The molecule has 3 nitrogen and oxygen atoms in total. The van der Waals surface area contributed by atoms with Gasteiger partial charge in [0.1, 0.15) is 0 Å².